The van der Waals surface area contributed by atoms with Crippen molar-refractivity contribution in [1.29, 1.82) is 0 Å². The van der Waals surface area contributed by atoms with E-state index in [1.807, 2.05) is 0 Å². The summed E-state index contributed by atoms with van der Waals surface area (Å²) in [6.45, 7) is 0. The summed E-state index contributed by atoms with van der Waals surface area (Å²) in [6, 6.07) is 0. The summed E-state index contributed by atoms with van der Waals surface area (Å²) in [7, 11) is -36.1. The molecular weight excluding hydrogens is 698 g/mol. The van der Waals surface area contributed by atoms with Crippen LogP contribution in [0.25, 0.3) is 0 Å². The third-order valence-electron chi connectivity index (χ3n) is 3.50. The summed E-state index contributed by atoms with van der Waals surface area (Å²) < 4.78 is 93.1. The fraction of sp³-hybridized carbons (Fsp3) is 1.00. The fourth-order valence-electron chi connectivity index (χ4n) is 2.79. The van der Waals surface area contributed by atoms with Gasteiger partial charge < -0.3 is 58.7 Å². The quantitative estimate of drug-likeness (QED) is 0.0701. The van der Waals surface area contributed by atoms with Crippen LogP contribution in [-0.2, 0) is 71.6 Å². The molecule has 0 atom stereocenters. The van der Waals surface area contributed by atoms with Crippen LogP contribution in [0.5, 0.6) is 0 Å². The summed E-state index contributed by atoms with van der Waals surface area (Å²) in [6.07, 6.45) is -18.9. The molecule has 0 bridgehead atoms. The molecule has 0 amide bonds. The third-order valence-corrected chi connectivity index (χ3v) is 6.61. The number of phosphoric ester groups is 6. The van der Waals surface area contributed by atoms with E-state index in [0.717, 1.165) is 0 Å². The molecule has 12 N–H and O–H groups in total. The number of rotatable bonds is 12. The molecule has 1 aliphatic rings. The Balaban J connectivity index is 0.0000130. The number of hydrogen-bond donors (Lipinski definition) is 12. The maximum Gasteiger partial charge on any atom is 0.470 e. The van der Waals surface area contributed by atoms with E-state index < -0.39 is 83.6 Å². The summed E-state index contributed by atoms with van der Waals surface area (Å²) in [5.74, 6) is 0. The first-order chi connectivity index (χ1) is 15.6. The van der Waals surface area contributed by atoms with Crippen LogP contribution in [0.4, 0.5) is 0 Å². The van der Waals surface area contributed by atoms with Gasteiger partial charge in [-0.05, 0) is 0 Å². The Morgan fingerprint density at radius 2 is 0.378 bits per heavy atom. The molecule has 0 aliphatic heterocycles. The van der Waals surface area contributed by atoms with Gasteiger partial charge in [0.2, 0.25) is 0 Å². The predicted molar refractivity (Wildman–Crippen MR) is 102 cm³/mol. The van der Waals surface area contributed by atoms with Gasteiger partial charge in [0.25, 0.3) is 0 Å². The zero-order valence-electron chi connectivity index (χ0n) is 16.8. The first kappa shape index (κ1) is 38.2. The van der Waals surface area contributed by atoms with Crippen LogP contribution in [0.2, 0.25) is 0 Å². The Morgan fingerprint density at radius 1 is 0.297 bits per heavy atom. The molecule has 24 nitrogen and oxygen atoms in total. The molecule has 0 heterocycles. The van der Waals surface area contributed by atoms with Crippen LogP contribution in [-0.4, -0.2) is 95.3 Å². The Kier molecular flexibility index (Phi) is 13.4. The molecule has 1 aliphatic carbocycles. The van der Waals surface area contributed by atoms with Gasteiger partial charge in [-0.15, -0.1) is 0 Å². The summed E-state index contributed by atoms with van der Waals surface area (Å²) in [4.78, 5) is 110. The Labute approximate surface area is 214 Å². The Morgan fingerprint density at radius 3 is 0.432 bits per heavy atom. The van der Waals surface area contributed by atoms with Gasteiger partial charge in [0.05, 0.1) is 0 Å². The van der Waals surface area contributed by atoms with E-state index in [-0.39, 0.29) is 17.1 Å². The van der Waals surface area contributed by atoms with Gasteiger partial charge in [-0.25, -0.2) is 27.4 Å². The van der Waals surface area contributed by atoms with E-state index in [1.165, 1.54) is 0 Å². The summed E-state index contributed by atoms with van der Waals surface area (Å²) in [5.41, 5.74) is 0. The van der Waals surface area contributed by atoms with E-state index >= 15 is 0 Å². The molecule has 1 fully saturated rings. The maximum absolute atomic E-state index is 11.4. The normalized spacial score (nSPS) is 28.5. The van der Waals surface area contributed by atoms with Gasteiger partial charge in [-0.3, -0.25) is 27.1 Å². The minimum atomic E-state index is -6.02. The molecule has 224 valence electrons. The van der Waals surface area contributed by atoms with Crippen LogP contribution >= 0.6 is 46.9 Å². The van der Waals surface area contributed by atoms with Crippen LogP contribution in [0, 0.1) is 0 Å². The van der Waals surface area contributed by atoms with Crippen LogP contribution in [0.1, 0.15) is 0 Å². The molecule has 0 aromatic heterocycles. The number of hydrogen-bond acceptors (Lipinski definition) is 12. The average molecular weight is 716 g/mol. The van der Waals surface area contributed by atoms with Crippen LogP contribution < -0.4 is 0 Å². The summed E-state index contributed by atoms with van der Waals surface area (Å²) in [5, 5.41) is 0. The van der Waals surface area contributed by atoms with Crippen molar-refractivity contribution in [2.75, 3.05) is 0 Å². The topological polar surface area (TPSA) is 401 Å². The second-order valence-electron chi connectivity index (χ2n) is 6.36. The van der Waals surface area contributed by atoms with Crippen molar-refractivity contribution in [2.45, 2.75) is 36.6 Å². The first-order valence-corrected chi connectivity index (χ1v) is 17.2. The largest absolute Gasteiger partial charge is 0.470 e. The summed E-state index contributed by atoms with van der Waals surface area (Å²) >= 11 is 0. The van der Waals surface area contributed by atoms with Gasteiger partial charge in [0.1, 0.15) is 36.6 Å². The standard InChI is InChI=1S/C6H18O24P6.Fe/c7-31(8,9)25-1-2(26-32(10,11)12)4(28-34(16,17)18)6(30-36(22,23)24)5(29-35(19,20)21)3(1)27-33(13,14)15;/h1-6H,(H2,7,8,9)(H2,10,11,12)(H2,13,14,15)(H2,16,17,18)(H2,19,20,21)(H2,22,23,24);. The second kappa shape index (κ2) is 13.0. The fourth-order valence-corrected chi connectivity index (χ4v) is 6.14. The zero-order chi connectivity index (χ0) is 28.7. The van der Waals surface area contributed by atoms with E-state index in [0.29, 0.717) is 0 Å². The SMILES string of the molecule is O=P(O)(O)OC1C(OP(=O)(O)O)C(OP(=O)(O)O)C(OP(=O)(O)O)C(OP(=O)(O)O)C1OP(=O)(O)O.[Fe]. The molecule has 0 aromatic rings. The minimum absolute atomic E-state index is 0. The van der Waals surface area contributed by atoms with Crippen molar-refractivity contribution in [1.82, 2.24) is 0 Å². The predicted octanol–water partition coefficient (Wildman–Crippen LogP) is -3.14. The van der Waals surface area contributed by atoms with E-state index in [1.54, 1.807) is 0 Å². The zero-order valence-corrected chi connectivity index (χ0v) is 23.2. The number of phosphoric acid groups is 6. The van der Waals surface area contributed by atoms with Gasteiger partial charge in [-0.1, -0.05) is 0 Å². The Hall–Kier alpha value is 1.18. The van der Waals surface area contributed by atoms with Gasteiger partial charge in [0.15, 0.2) is 0 Å². The van der Waals surface area contributed by atoms with Gasteiger partial charge >= 0.3 is 46.9 Å². The van der Waals surface area contributed by atoms with Crippen molar-refractivity contribution in [3.05, 3.63) is 0 Å². The molecule has 0 unspecified atom stereocenters. The van der Waals surface area contributed by atoms with Crippen molar-refractivity contribution < 1.29 is 130 Å². The molecular formula is C6H18FeO24P6. The molecule has 1 saturated carbocycles. The smallest absolute Gasteiger partial charge is 0.303 e. The first-order valence-electron chi connectivity index (χ1n) is 8.01. The molecule has 0 aromatic carbocycles. The van der Waals surface area contributed by atoms with Crippen molar-refractivity contribution >= 4 is 46.9 Å². The molecule has 0 saturated heterocycles. The van der Waals surface area contributed by atoms with Crippen LogP contribution in [0.15, 0.2) is 0 Å². The average Bonchev–Trinajstić information content (AvgIpc) is 2.51. The molecule has 0 spiro atoms. The van der Waals surface area contributed by atoms with Crippen LogP contribution in [0.3, 0.4) is 0 Å². The maximum atomic E-state index is 11.4. The molecule has 1 rings (SSSR count). The van der Waals surface area contributed by atoms with Gasteiger partial charge in [0, 0.05) is 17.1 Å². The molecule has 0 radical (unpaired) electrons. The van der Waals surface area contributed by atoms with Crippen molar-refractivity contribution in [3.8, 4) is 0 Å². The van der Waals surface area contributed by atoms with E-state index in [4.69, 9.17) is 58.7 Å². The minimum Gasteiger partial charge on any atom is -0.303 e. The molecule has 31 heteroatoms. The second-order valence-corrected chi connectivity index (χ2v) is 13.5. The monoisotopic (exact) mass is 716 g/mol. The third kappa shape index (κ3) is 15.1. The Bertz CT molecular complexity index is 824. The molecule has 37 heavy (non-hydrogen) atoms. The van der Waals surface area contributed by atoms with Gasteiger partial charge in [-0.2, -0.15) is 0 Å². The van der Waals surface area contributed by atoms with E-state index in [9.17, 15) is 27.4 Å². The van der Waals surface area contributed by atoms with Crippen molar-refractivity contribution in [2.24, 2.45) is 0 Å². The van der Waals surface area contributed by atoms with Crippen molar-refractivity contribution in [3.63, 3.8) is 0 Å². The van der Waals surface area contributed by atoms with E-state index in [2.05, 4.69) is 27.1 Å².